The maximum absolute atomic E-state index is 12.3. The smallest absolute Gasteiger partial charge is 0.260 e. The average molecular weight is 334 g/mol. The minimum atomic E-state index is -3.62. The number of aromatic amines is 1. The number of rotatable bonds is 4. The van der Waals surface area contributed by atoms with E-state index in [0.29, 0.717) is 21.4 Å². The van der Waals surface area contributed by atoms with Crippen LogP contribution in [0, 0.1) is 6.92 Å². The number of aryl methyl sites for hydroxylation is 1. The van der Waals surface area contributed by atoms with Crippen LogP contribution in [-0.2, 0) is 16.6 Å². The molecule has 8 heteroatoms. The van der Waals surface area contributed by atoms with Gasteiger partial charge in [-0.2, -0.15) is 4.31 Å². The minimum Gasteiger partial charge on any atom is -0.332 e. The molecule has 0 amide bonds. The Labute approximate surface area is 127 Å². The average Bonchev–Trinajstić information content (AvgIpc) is 2.80. The fourth-order valence-corrected chi connectivity index (χ4v) is 3.25. The molecule has 0 saturated carbocycles. The highest BCUT2D eigenvalue weighted by atomic mass is 35.5. The van der Waals surface area contributed by atoms with Gasteiger partial charge in [0, 0.05) is 23.6 Å². The molecule has 20 heavy (non-hydrogen) atoms. The standard InChI is InChI=1S/C12H13Cl2N3O2S/c1-8-15-6-12(16-8)20(18,19)17(2)7-9-3-4-10(13)5-11(9)14/h3-6H,7H2,1-2H3,(H,15,16). The van der Waals surface area contributed by atoms with Crippen molar-refractivity contribution in [3.05, 3.63) is 45.8 Å². The van der Waals surface area contributed by atoms with Crippen molar-refractivity contribution in [2.45, 2.75) is 18.5 Å². The molecule has 0 aliphatic heterocycles. The fourth-order valence-electron chi connectivity index (χ4n) is 1.67. The van der Waals surface area contributed by atoms with Crippen molar-refractivity contribution in [3.63, 3.8) is 0 Å². The topological polar surface area (TPSA) is 66.1 Å². The Morgan fingerprint density at radius 2 is 2.05 bits per heavy atom. The van der Waals surface area contributed by atoms with E-state index in [-0.39, 0.29) is 11.6 Å². The summed E-state index contributed by atoms with van der Waals surface area (Å²) in [5.74, 6) is 0.543. The molecule has 0 aliphatic rings. The summed E-state index contributed by atoms with van der Waals surface area (Å²) >= 11 is 11.9. The maximum atomic E-state index is 12.3. The molecule has 1 aromatic heterocycles. The van der Waals surface area contributed by atoms with Crippen LogP contribution in [0.3, 0.4) is 0 Å². The quantitative estimate of drug-likeness (QED) is 0.935. The van der Waals surface area contributed by atoms with E-state index >= 15 is 0 Å². The van der Waals surface area contributed by atoms with Crippen LogP contribution in [-0.4, -0.2) is 29.7 Å². The van der Waals surface area contributed by atoms with E-state index in [2.05, 4.69) is 9.97 Å². The summed E-state index contributed by atoms with van der Waals surface area (Å²) in [4.78, 5) is 6.61. The Hall–Kier alpha value is -1.08. The SMILES string of the molecule is Cc1ncc(S(=O)(=O)N(C)Cc2ccc(Cl)cc2Cl)[nH]1. The first-order valence-electron chi connectivity index (χ1n) is 5.72. The van der Waals surface area contributed by atoms with Gasteiger partial charge in [0.25, 0.3) is 10.0 Å². The lowest BCUT2D eigenvalue weighted by Crippen LogP contribution is -2.27. The van der Waals surface area contributed by atoms with Crippen LogP contribution in [0.4, 0.5) is 0 Å². The van der Waals surface area contributed by atoms with Crippen LogP contribution in [0.15, 0.2) is 29.4 Å². The number of nitrogens with zero attached hydrogens (tertiary/aromatic N) is 2. The van der Waals surface area contributed by atoms with Gasteiger partial charge in [-0.1, -0.05) is 29.3 Å². The number of imidazole rings is 1. The number of nitrogens with one attached hydrogen (secondary N) is 1. The summed E-state index contributed by atoms with van der Waals surface area (Å²) < 4.78 is 25.8. The van der Waals surface area contributed by atoms with Gasteiger partial charge in [0.1, 0.15) is 5.82 Å². The number of H-pyrrole nitrogens is 1. The van der Waals surface area contributed by atoms with Gasteiger partial charge in [0.2, 0.25) is 0 Å². The first kappa shape index (κ1) is 15.3. The third-order valence-electron chi connectivity index (χ3n) is 2.78. The number of hydrogen-bond acceptors (Lipinski definition) is 3. The lowest BCUT2D eigenvalue weighted by molar-refractivity contribution is 0.464. The first-order valence-corrected chi connectivity index (χ1v) is 7.92. The molecule has 0 spiro atoms. The molecule has 1 aromatic carbocycles. The summed E-state index contributed by atoms with van der Waals surface area (Å²) in [5.41, 5.74) is 0.679. The fraction of sp³-hybridized carbons (Fsp3) is 0.250. The molecular formula is C12H13Cl2N3O2S. The van der Waals surface area contributed by atoms with Gasteiger partial charge in [-0.25, -0.2) is 13.4 Å². The lowest BCUT2D eigenvalue weighted by atomic mass is 10.2. The monoisotopic (exact) mass is 333 g/mol. The van der Waals surface area contributed by atoms with Crippen LogP contribution in [0.1, 0.15) is 11.4 Å². The zero-order valence-corrected chi connectivity index (χ0v) is 13.2. The van der Waals surface area contributed by atoms with Crippen LogP contribution >= 0.6 is 23.2 Å². The van der Waals surface area contributed by atoms with Gasteiger partial charge in [-0.3, -0.25) is 0 Å². The second-order valence-corrected chi connectivity index (χ2v) is 7.19. The molecule has 0 unspecified atom stereocenters. The molecule has 0 atom stereocenters. The zero-order valence-electron chi connectivity index (χ0n) is 10.9. The van der Waals surface area contributed by atoms with Crippen molar-refractivity contribution in [2.75, 3.05) is 7.05 Å². The molecule has 0 aliphatic carbocycles. The molecule has 1 N–H and O–H groups in total. The van der Waals surface area contributed by atoms with E-state index < -0.39 is 10.0 Å². The highest BCUT2D eigenvalue weighted by Crippen LogP contribution is 2.23. The number of benzene rings is 1. The highest BCUT2D eigenvalue weighted by molar-refractivity contribution is 7.89. The Morgan fingerprint density at radius 3 is 2.60 bits per heavy atom. The van der Waals surface area contributed by atoms with Crippen molar-refractivity contribution in [3.8, 4) is 0 Å². The second-order valence-electron chi connectivity index (χ2n) is 4.33. The van der Waals surface area contributed by atoms with E-state index in [1.54, 1.807) is 25.1 Å². The Bertz CT molecular complexity index is 728. The summed E-state index contributed by atoms with van der Waals surface area (Å²) in [6, 6.07) is 4.96. The predicted molar refractivity (Wildman–Crippen MR) is 78.4 cm³/mol. The normalized spacial score (nSPS) is 12.1. The molecule has 0 bridgehead atoms. The lowest BCUT2D eigenvalue weighted by Gasteiger charge is -2.16. The Balaban J connectivity index is 2.25. The molecule has 1 heterocycles. The minimum absolute atomic E-state index is 0.0579. The Kier molecular flexibility index (Phi) is 4.39. The van der Waals surface area contributed by atoms with Crippen molar-refractivity contribution in [1.82, 2.24) is 14.3 Å². The molecule has 2 aromatic rings. The summed E-state index contributed by atoms with van der Waals surface area (Å²) in [7, 11) is -2.14. The molecular weight excluding hydrogens is 321 g/mol. The molecule has 0 radical (unpaired) electrons. The zero-order chi connectivity index (χ0) is 14.9. The van der Waals surface area contributed by atoms with Crippen LogP contribution in [0.5, 0.6) is 0 Å². The second kappa shape index (κ2) is 5.73. The van der Waals surface area contributed by atoms with Crippen molar-refractivity contribution in [1.29, 1.82) is 0 Å². The van der Waals surface area contributed by atoms with Crippen LogP contribution < -0.4 is 0 Å². The van der Waals surface area contributed by atoms with Gasteiger partial charge < -0.3 is 4.98 Å². The molecule has 2 rings (SSSR count). The van der Waals surface area contributed by atoms with Gasteiger partial charge in [-0.15, -0.1) is 0 Å². The number of halogens is 2. The number of hydrogen-bond donors (Lipinski definition) is 1. The van der Waals surface area contributed by atoms with E-state index in [0.717, 1.165) is 0 Å². The maximum Gasteiger partial charge on any atom is 0.260 e. The van der Waals surface area contributed by atoms with E-state index in [1.165, 1.54) is 17.5 Å². The third-order valence-corrected chi connectivity index (χ3v) is 5.08. The summed E-state index contributed by atoms with van der Waals surface area (Å²) in [6.45, 7) is 1.84. The third kappa shape index (κ3) is 3.15. The van der Waals surface area contributed by atoms with Crippen LogP contribution in [0.25, 0.3) is 0 Å². The Morgan fingerprint density at radius 1 is 1.35 bits per heavy atom. The largest absolute Gasteiger partial charge is 0.332 e. The van der Waals surface area contributed by atoms with Gasteiger partial charge >= 0.3 is 0 Å². The number of sulfonamides is 1. The van der Waals surface area contributed by atoms with Gasteiger partial charge in [-0.05, 0) is 24.6 Å². The van der Waals surface area contributed by atoms with Crippen LogP contribution in [0.2, 0.25) is 10.0 Å². The van der Waals surface area contributed by atoms with Crippen molar-refractivity contribution in [2.24, 2.45) is 0 Å². The molecule has 0 saturated heterocycles. The highest BCUT2D eigenvalue weighted by Gasteiger charge is 2.23. The van der Waals surface area contributed by atoms with Crippen molar-refractivity contribution < 1.29 is 8.42 Å². The molecule has 108 valence electrons. The predicted octanol–water partition coefficient (Wildman–Crippen LogP) is 2.85. The number of aromatic nitrogens is 2. The summed E-state index contributed by atoms with van der Waals surface area (Å²) in [6.07, 6.45) is 1.30. The first-order chi connectivity index (χ1) is 9.30. The van der Waals surface area contributed by atoms with Crippen molar-refractivity contribution >= 4 is 33.2 Å². The van der Waals surface area contributed by atoms with E-state index in [1.807, 2.05) is 0 Å². The van der Waals surface area contributed by atoms with E-state index in [4.69, 9.17) is 23.2 Å². The van der Waals surface area contributed by atoms with E-state index in [9.17, 15) is 8.42 Å². The molecule has 5 nitrogen and oxygen atoms in total. The summed E-state index contributed by atoms with van der Waals surface area (Å²) in [5, 5.41) is 0.997. The van der Waals surface area contributed by atoms with Gasteiger partial charge in [0.05, 0.1) is 6.20 Å². The molecule has 0 fully saturated rings. The van der Waals surface area contributed by atoms with Gasteiger partial charge in [0.15, 0.2) is 5.03 Å².